The Morgan fingerprint density at radius 2 is 2.23 bits per heavy atom. The Hall–Kier alpha value is -1.02. The average molecular weight is 178 g/mol. The Morgan fingerprint density at radius 1 is 1.38 bits per heavy atom. The van der Waals surface area contributed by atoms with Crippen LogP contribution in [0.3, 0.4) is 0 Å². The normalized spacial score (nSPS) is 16.0. The number of phenolic OH excluding ortho intramolecular Hbond substituents is 1. The highest BCUT2D eigenvalue weighted by Crippen LogP contribution is 2.29. The van der Waals surface area contributed by atoms with E-state index in [0.717, 1.165) is 18.1 Å². The van der Waals surface area contributed by atoms with Crippen LogP contribution < -0.4 is 0 Å². The lowest BCUT2D eigenvalue weighted by molar-refractivity contribution is 0.111. The molecule has 0 atom stereocenters. The molecule has 70 valence electrons. The van der Waals surface area contributed by atoms with Crippen molar-refractivity contribution >= 4 is 0 Å². The maximum absolute atomic E-state index is 9.18. The van der Waals surface area contributed by atoms with Crippen molar-refractivity contribution in [1.82, 2.24) is 0 Å². The Balaban J connectivity index is 1.79. The summed E-state index contributed by atoms with van der Waals surface area (Å²) in [6, 6.07) is 7.22. The molecule has 1 fully saturated rings. The Morgan fingerprint density at radius 3 is 2.92 bits per heavy atom. The van der Waals surface area contributed by atoms with Gasteiger partial charge in [-0.2, -0.15) is 0 Å². The zero-order valence-corrected chi connectivity index (χ0v) is 7.57. The van der Waals surface area contributed by atoms with Crippen molar-refractivity contribution < 1.29 is 9.84 Å². The van der Waals surface area contributed by atoms with Gasteiger partial charge in [0.25, 0.3) is 0 Å². The van der Waals surface area contributed by atoms with E-state index < -0.39 is 0 Å². The van der Waals surface area contributed by atoms with Crippen LogP contribution in [-0.4, -0.2) is 11.7 Å². The minimum absolute atomic E-state index is 0.313. The third-order valence-electron chi connectivity index (χ3n) is 2.23. The molecule has 0 amide bonds. The monoisotopic (exact) mass is 178 g/mol. The van der Waals surface area contributed by atoms with Crippen molar-refractivity contribution in [1.29, 1.82) is 0 Å². The van der Waals surface area contributed by atoms with Gasteiger partial charge in [0.05, 0.1) is 6.61 Å². The van der Waals surface area contributed by atoms with E-state index in [1.165, 1.54) is 12.8 Å². The Kier molecular flexibility index (Phi) is 2.50. The fourth-order valence-electron chi connectivity index (χ4n) is 1.27. The predicted molar refractivity (Wildman–Crippen MR) is 50.5 cm³/mol. The summed E-state index contributed by atoms with van der Waals surface area (Å²) in [6.45, 7) is 1.49. The van der Waals surface area contributed by atoms with E-state index in [1.807, 2.05) is 12.1 Å². The number of ether oxygens (including phenoxy) is 1. The van der Waals surface area contributed by atoms with Crippen LogP contribution in [0, 0.1) is 5.92 Å². The van der Waals surface area contributed by atoms with E-state index in [2.05, 4.69) is 0 Å². The molecule has 1 aliphatic carbocycles. The van der Waals surface area contributed by atoms with Gasteiger partial charge < -0.3 is 9.84 Å². The van der Waals surface area contributed by atoms with E-state index in [0.29, 0.717) is 12.4 Å². The smallest absolute Gasteiger partial charge is 0.115 e. The first-order valence-electron chi connectivity index (χ1n) is 4.70. The van der Waals surface area contributed by atoms with Crippen LogP contribution in [0.4, 0.5) is 0 Å². The maximum Gasteiger partial charge on any atom is 0.115 e. The minimum atomic E-state index is 0.313. The number of phenols is 1. The summed E-state index contributed by atoms with van der Waals surface area (Å²) in [6.07, 6.45) is 2.64. The van der Waals surface area contributed by atoms with Gasteiger partial charge in [-0.15, -0.1) is 0 Å². The van der Waals surface area contributed by atoms with Crippen LogP contribution in [0.1, 0.15) is 18.4 Å². The lowest BCUT2D eigenvalue weighted by atomic mass is 10.2. The van der Waals surface area contributed by atoms with Gasteiger partial charge in [-0.3, -0.25) is 0 Å². The molecule has 1 aliphatic rings. The zero-order valence-electron chi connectivity index (χ0n) is 7.57. The fraction of sp³-hybridized carbons (Fsp3) is 0.455. The van der Waals surface area contributed by atoms with E-state index in [-0.39, 0.29) is 0 Å². The molecule has 0 saturated heterocycles. The second-order valence-electron chi connectivity index (χ2n) is 3.63. The highest BCUT2D eigenvalue weighted by atomic mass is 16.5. The summed E-state index contributed by atoms with van der Waals surface area (Å²) in [5.74, 6) is 1.12. The Labute approximate surface area is 78.2 Å². The number of benzene rings is 1. The van der Waals surface area contributed by atoms with Crippen molar-refractivity contribution in [2.24, 2.45) is 5.92 Å². The summed E-state index contributed by atoms with van der Waals surface area (Å²) < 4.78 is 5.49. The molecular weight excluding hydrogens is 164 g/mol. The molecule has 0 bridgehead atoms. The lowest BCUT2D eigenvalue weighted by Crippen LogP contribution is -1.96. The predicted octanol–water partition coefficient (Wildman–Crippen LogP) is 2.32. The Bertz CT molecular complexity index is 279. The van der Waals surface area contributed by atoms with Gasteiger partial charge in [-0.05, 0) is 36.5 Å². The number of aromatic hydroxyl groups is 1. The van der Waals surface area contributed by atoms with Crippen LogP contribution in [0.25, 0.3) is 0 Å². The molecule has 0 unspecified atom stereocenters. The van der Waals surface area contributed by atoms with Crippen molar-refractivity contribution in [3.8, 4) is 5.75 Å². The topological polar surface area (TPSA) is 29.5 Å². The van der Waals surface area contributed by atoms with Gasteiger partial charge in [0.2, 0.25) is 0 Å². The minimum Gasteiger partial charge on any atom is -0.508 e. The van der Waals surface area contributed by atoms with Gasteiger partial charge in [-0.1, -0.05) is 12.1 Å². The molecular formula is C11H14O2. The summed E-state index contributed by atoms with van der Waals surface area (Å²) in [7, 11) is 0. The molecule has 1 aromatic rings. The number of hydrogen-bond acceptors (Lipinski definition) is 2. The van der Waals surface area contributed by atoms with Crippen molar-refractivity contribution in [2.45, 2.75) is 19.4 Å². The first-order chi connectivity index (χ1) is 6.34. The van der Waals surface area contributed by atoms with Crippen molar-refractivity contribution in [2.75, 3.05) is 6.61 Å². The standard InChI is InChI=1S/C11H14O2/c12-11-3-1-2-10(6-11)8-13-7-9-4-5-9/h1-3,6,9,12H,4-5,7-8H2. The van der Waals surface area contributed by atoms with Crippen molar-refractivity contribution in [3.05, 3.63) is 29.8 Å². The molecule has 0 heterocycles. The maximum atomic E-state index is 9.18. The van der Waals surface area contributed by atoms with E-state index in [9.17, 15) is 5.11 Å². The number of rotatable bonds is 4. The van der Waals surface area contributed by atoms with E-state index >= 15 is 0 Å². The van der Waals surface area contributed by atoms with E-state index in [4.69, 9.17) is 4.74 Å². The van der Waals surface area contributed by atoms with Gasteiger partial charge in [-0.25, -0.2) is 0 Å². The molecule has 2 nitrogen and oxygen atoms in total. The second kappa shape index (κ2) is 3.79. The van der Waals surface area contributed by atoms with Crippen LogP contribution >= 0.6 is 0 Å². The van der Waals surface area contributed by atoms with Gasteiger partial charge in [0.1, 0.15) is 5.75 Å². The van der Waals surface area contributed by atoms with Gasteiger partial charge in [0, 0.05) is 6.61 Å². The van der Waals surface area contributed by atoms with Gasteiger partial charge >= 0.3 is 0 Å². The molecule has 0 aliphatic heterocycles. The fourth-order valence-corrected chi connectivity index (χ4v) is 1.27. The highest BCUT2D eigenvalue weighted by Gasteiger charge is 2.20. The molecule has 1 aromatic carbocycles. The van der Waals surface area contributed by atoms with Crippen LogP contribution in [0.15, 0.2) is 24.3 Å². The molecule has 2 rings (SSSR count). The molecule has 1 saturated carbocycles. The summed E-state index contributed by atoms with van der Waals surface area (Å²) >= 11 is 0. The zero-order chi connectivity index (χ0) is 9.10. The molecule has 0 radical (unpaired) electrons. The third-order valence-corrected chi connectivity index (χ3v) is 2.23. The second-order valence-corrected chi connectivity index (χ2v) is 3.63. The quantitative estimate of drug-likeness (QED) is 0.766. The van der Waals surface area contributed by atoms with Crippen LogP contribution in [0.2, 0.25) is 0 Å². The van der Waals surface area contributed by atoms with Crippen molar-refractivity contribution in [3.63, 3.8) is 0 Å². The third kappa shape index (κ3) is 2.74. The van der Waals surface area contributed by atoms with E-state index in [1.54, 1.807) is 12.1 Å². The molecule has 0 aromatic heterocycles. The van der Waals surface area contributed by atoms with Crippen LogP contribution in [-0.2, 0) is 11.3 Å². The molecule has 2 heteroatoms. The SMILES string of the molecule is Oc1cccc(COCC2CC2)c1. The van der Waals surface area contributed by atoms with Gasteiger partial charge in [0.15, 0.2) is 0 Å². The number of hydrogen-bond donors (Lipinski definition) is 1. The lowest BCUT2D eigenvalue weighted by Gasteiger charge is -2.03. The summed E-state index contributed by atoms with van der Waals surface area (Å²) in [4.78, 5) is 0. The molecule has 1 N–H and O–H groups in total. The first kappa shape index (κ1) is 8.57. The average Bonchev–Trinajstić information content (AvgIpc) is 2.88. The molecule has 0 spiro atoms. The highest BCUT2D eigenvalue weighted by molar-refractivity contribution is 5.26. The first-order valence-corrected chi connectivity index (χ1v) is 4.70. The summed E-state index contributed by atoms with van der Waals surface area (Å²) in [5, 5.41) is 9.18. The van der Waals surface area contributed by atoms with Crippen LogP contribution in [0.5, 0.6) is 5.75 Å². The summed E-state index contributed by atoms with van der Waals surface area (Å²) in [5.41, 5.74) is 1.04. The molecule has 13 heavy (non-hydrogen) atoms. The largest absolute Gasteiger partial charge is 0.508 e.